The predicted octanol–water partition coefficient (Wildman–Crippen LogP) is 1.28. The maximum absolute atomic E-state index is 10.8. The van der Waals surface area contributed by atoms with Gasteiger partial charge in [-0.25, -0.2) is 0 Å². The van der Waals surface area contributed by atoms with E-state index in [0.29, 0.717) is 11.8 Å². The summed E-state index contributed by atoms with van der Waals surface area (Å²) in [6, 6.07) is 0.514. The number of carbonyl (C=O) groups excluding carboxylic acids is 1. The molecule has 0 heterocycles. The van der Waals surface area contributed by atoms with Gasteiger partial charge in [-0.05, 0) is 13.5 Å². The minimum Gasteiger partial charge on any atom is -0.468 e. The average Bonchev–Trinajstić information content (AvgIpc) is 2.16. The number of carbonyl (C=O) groups is 1. The maximum Gasteiger partial charge on any atom is 0.315 e. The number of rotatable bonds is 7. The first kappa shape index (κ1) is 12.8. The smallest absolute Gasteiger partial charge is 0.315 e. The fourth-order valence-corrected chi connectivity index (χ4v) is 2.02. The Labute approximate surface area is 84.6 Å². The molecule has 0 bridgehead atoms. The largest absolute Gasteiger partial charge is 0.468 e. The summed E-state index contributed by atoms with van der Waals surface area (Å²) in [6.45, 7) is 2.16. The van der Waals surface area contributed by atoms with E-state index in [2.05, 4.69) is 17.0 Å². The lowest BCUT2D eigenvalue weighted by atomic mass is 10.2. The average molecular weight is 205 g/mol. The van der Waals surface area contributed by atoms with E-state index in [1.54, 1.807) is 11.8 Å². The summed E-state index contributed by atoms with van der Waals surface area (Å²) in [5.41, 5.74) is 0. The lowest BCUT2D eigenvalue weighted by molar-refractivity contribution is -0.137. The highest BCUT2D eigenvalue weighted by molar-refractivity contribution is 7.99. The van der Waals surface area contributed by atoms with Crippen LogP contribution in [0.1, 0.15) is 19.8 Å². The zero-order valence-electron chi connectivity index (χ0n) is 8.63. The van der Waals surface area contributed by atoms with Gasteiger partial charge >= 0.3 is 5.97 Å². The first-order chi connectivity index (χ1) is 6.24. The highest BCUT2D eigenvalue weighted by atomic mass is 32.2. The number of hydrogen-bond donors (Lipinski definition) is 1. The van der Waals surface area contributed by atoms with E-state index < -0.39 is 0 Å². The molecule has 0 aliphatic carbocycles. The van der Waals surface area contributed by atoms with Crippen LogP contribution in [0.15, 0.2) is 0 Å². The third-order valence-corrected chi connectivity index (χ3v) is 2.89. The maximum atomic E-state index is 10.8. The van der Waals surface area contributed by atoms with Gasteiger partial charge < -0.3 is 10.1 Å². The lowest BCUT2D eigenvalue weighted by Gasteiger charge is -2.13. The van der Waals surface area contributed by atoms with Crippen molar-refractivity contribution in [3.05, 3.63) is 0 Å². The number of ether oxygens (including phenoxy) is 1. The van der Waals surface area contributed by atoms with E-state index in [1.807, 2.05) is 7.05 Å². The molecule has 0 fully saturated rings. The monoisotopic (exact) mass is 205 g/mol. The fourth-order valence-electron chi connectivity index (χ4n) is 1.00. The molecule has 3 nitrogen and oxygen atoms in total. The third kappa shape index (κ3) is 6.90. The summed E-state index contributed by atoms with van der Waals surface area (Å²) in [5.74, 6) is 1.29. The second-order valence-corrected chi connectivity index (χ2v) is 3.90. The third-order valence-electron chi connectivity index (χ3n) is 1.81. The van der Waals surface area contributed by atoms with Gasteiger partial charge in [-0.1, -0.05) is 13.3 Å². The molecule has 0 aromatic heterocycles. The van der Waals surface area contributed by atoms with E-state index in [9.17, 15) is 4.79 Å². The van der Waals surface area contributed by atoms with Crippen LogP contribution in [0, 0.1) is 0 Å². The molecule has 0 radical (unpaired) electrons. The Morgan fingerprint density at radius 2 is 2.31 bits per heavy atom. The van der Waals surface area contributed by atoms with Crippen LogP contribution in [0.25, 0.3) is 0 Å². The summed E-state index contributed by atoms with van der Waals surface area (Å²) in [7, 11) is 3.38. The molecular formula is C9H19NO2S. The van der Waals surface area contributed by atoms with Crippen molar-refractivity contribution in [3.8, 4) is 0 Å². The first-order valence-corrected chi connectivity index (χ1v) is 5.71. The van der Waals surface area contributed by atoms with Crippen LogP contribution in [0.3, 0.4) is 0 Å². The van der Waals surface area contributed by atoms with Crippen molar-refractivity contribution in [1.29, 1.82) is 0 Å². The van der Waals surface area contributed by atoms with Crippen molar-refractivity contribution in [2.24, 2.45) is 0 Å². The minimum absolute atomic E-state index is 0.142. The fraction of sp³-hybridized carbons (Fsp3) is 0.889. The van der Waals surface area contributed by atoms with Crippen LogP contribution in [0.2, 0.25) is 0 Å². The second-order valence-electron chi connectivity index (χ2n) is 2.87. The molecule has 78 valence electrons. The molecule has 0 spiro atoms. The Bertz CT molecular complexity index is 142. The van der Waals surface area contributed by atoms with Crippen molar-refractivity contribution >= 4 is 17.7 Å². The van der Waals surface area contributed by atoms with Crippen LogP contribution >= 0.6 is 11.8 Å². The Morgan fingerprint density at radius 1 is 1.62 bits per heavy atom. The summed E-state index contributed by atoms with van der Waals surface area (Å²) in [4.78, 5) is 10.8. The first-order valence-electron chi connectivity index (χ1n) is 4.56. The second kappa shape index (κ2) is 8.38. The van der Waals surface area contributed by atoms with Crippen molar-refractivity contribution in [2.75, 3.05) is 25.7 Å². The normalized spacial score (nSPS) is 12.5. The van der Waals surface area contributed by atoms with Crippen molar-refractivity contribution in [1.82, 2.24) is 5.32 Å². The van der Waals surface area contributed by atoms with Crippen molar-refractivity contribution in [2.45, 2.75) is 25.8 Å². The zero-order valence-corrected chi connectivity index (χ0v) is 9.45. The molecule has 0 amide bonds. The van der Waals surface area contributed by atoms with Crippen LogP contribution in [0.5, 0.6) is 0 Å². The highest BCUT2D eigenvalue weighted by Crippen LogP contribution is 2.07. The Kier molecular flexibility index (Phi) is 8.24. The molecule has 1 N–H and O–H groups in total. The molecule has 0 saturated heterocycles. The quantitative estimate of drug-likeness (QED) is 0.635. The van der Waals surface area contributed by atoms with Crippen molar-refractivity contribution < 1.29 is 9.53 Å². The van der Waals surface area contributed by atoms with E-state index in [4.69, 9.17) is 0 Å². The number of thioether (sulfide) groups is 1. The molecule has 1 atom stereocenters. The van der Waals surface area contributed by atoms with Gasteiger partial charge in [-0.2, -0.15) is 0 Å². The number of hydrogen-bond acceptors (Lipinski definition) is 4. The standard InChI is InChI=1S/C9H19NO2S/c1-4-5-8(10-2)6-13-7-9(11)12-3/h8,10H,4-7H2,1-3H3. The highest BCUT2D eigenvalue weighted by Gasteiger charge is 2.06. The van der Waals surface area contributed by atoms with Crippen LogP contribution in [-0.4, -0.2) is 37.7 Å². The SMILES string of the molecule is CCCC(CSCC(=O)OC)NC. The Balaban J connectivity index is 3.42. The van der Waals surface area contributed by atoms with Gasteiger partial charge in [0.15, 0.2) is 0 Å². The molecule has 0 aliphatic heterocycles. The van der Waals surface area contributed by atoms with Gasteiger partial charge in [0.2, 0.25) is 0 Å². The summed E-state index contributed by atoms with van der Waals surface area (Å²) in [5, 5.41) is 3.22. The molecule has 0 aromatic rings. The van der Waals surface area contributed by atoms with E-state index in [1.165, 1.54) is 13.5 Å². The Morgan fingerprint density at radius 3 is 2.77 bits per heavy atom. The summed E-state index contributed by atoms with van der Waals surface area (Å²) < 4.78 is 4.55. The minimum atomic E-state index is -0.142. The summed E-state index contributed by atoms with van der Waals surface area (Å²) in [6.07, 6.45) is 2.33. The number of methoxy groups -OCH3 is 1. The molecule has 4 heteroatoms. The lowest BCUT2D eigenvalue weighted by Crippen LogP contribution is -2.27. The predicted molar refractivity (Wildman–Crippen MR) is 57.1 cm³/mol. The van der Waals surface area contributed by atoms with Crippen molar-refractivity contribution in [3.63, 3.8) is 0 Å². The van der Waals surface area contributed by atoms with E-state index in [-0.39, 0.29) is 5.97 Å². The van der Waals surface area contributed by atoms with Gasteiger partial charge in [0.1, 0.15) is 0 Å². The topological polar surface area (TPSA) is 38.3 Å². The van der Waals surface area contributed by atoms with Crippen LogP contribution in [-0.2, 0) is 9.53 Å². The number of esters is 1. The zero-order chi connectivity index (χ0) is 10.1. The number of nitrogens with one attached hydrogen (secondary N) is 1. The van der Waals surface area contributed by atoms with Crippen LogP contribution < -0.4 is 5.32 Å². The molecule has 0 rings (SSSR count). The molecule has 0 aliphatic rings. The molecular weight excluding hydrogens is 186 g/mol. The summed E-state index contributed by atoms with van der Waals surface area (Å²) >= 11 is 1.62. The van der Waals surface area contributed by atoms with Gasteiger partial charge in [0, 0.05) is 11.8 Å². The van der Waals surface area contributed by atoms with Gasteiger partial charge in [0.25, 0.3) is 0 Å². The Hall–Kier alpha value is -0.220. The van der Waals surface area contributed by atoms with Gasteiger partial charge in [0.05, 0.1) is 12.9 Å². The molecule has 0 saturated carbocycles. The van der Waals surface area contributed by atoms with E-state index in [0.717, 1.165) is 12.2 Å². The molecule has 1 unspecified atom stereocenters. The molecule has 13 heavy (non-hydrogen) atoms. The van der Waals surface area contributed by atoms with Gasteiger partial charge in [-0.3, -0.25) is 4.79 Å². The van der Waals surface area contributed by atoms with E-state index >= 15 is 0 Å². The molecule has 0 aromatic carbocycles. The van der Waals surface area contributed by atoms with Gasteiger partial charge in [-0.15, -0.1) is 11.8 Å². The van der Waals surface area contributed by atoms with Crippen LogP contribution in [0.4, 0.5) is 0 Å².